The van der Waals surface area contributed by atoms with Gasteiger partial charge in [0.15, 0.2) is 0 Å². The summed E-state index contributed by atoms with van der Waals surface area (Å²) in [6, 6.07) is 0.192. The Morgan fingerprint density at radius 2 is 2.19 bits per heavy atom. The molecule has 0 aliphatic carbocycles. The van der Waals surface area contributed by atoms with Crippen LogP contribution in [0.25, 0.3) is 0 Å². The Hall–Kier alpha value is -0.740. The smallest absolute Gasteiger partial charge is 0.139 e. The number of ketones is 1. The van der Waals surface area contributed by atoms with Gasteiger partial charge in [-0.3, -0.25) is 4.79 Å². The van der Waals surface area contributed by atoms with Crippen LogP contribution in [0, 0.1) is 13.8 Å². The number of thiazole rings is 1. The van der Waals surface area contributed by atoms with Gasteiger partial charge in [-0.05, 0) is 33.6 Å². The lowest BCUT2D eigenvalue weighted by molar-refractivity contribution is -0.118. The van der Waals surface area contributed by atoms with Gasteiger partial charge in [-0.1, -0.05) is 0 Å². The second-order valence-electron chi connectivity index (χ2n) is 4.33. The van der Waals surface area contributed by atoms with Gasteiger partial charge in [-0.15, -0.1) is 11.3 Å². The molecule has 0 bridgehead atoms. The number of aryl methyl sites for hydroxylation is 2. The summed E-state index contributed by atoms with van der Waals surface area (Å²) in [5, 5.41) is 0.945. The normalized spacial score (nSPS) is 12.8. The minimum absolute atomic E-state index is 0.192. The van der Waals surface area contributed by atoms with Crippen LogP contribution in [0.5, 0.6) is 0 Å². The first-order chi connectivity index (χ1) is 7.49. The summed E-state index contributed by atoms with van der Waals surface area (Å²) in [7, 11) is 0. The molecule has 0 radical (unpaired) electrons. The minimum Gasteiger partial charge on any atom is -0.328 e. The Labute approximate surface area is 101 Å². The predicted octanol–water partition coefficient (Wildman–Crippen LogP) is 2.39. The van der Waals surface area contributed by atoms with E-state index in [9.17, 15) is 4.79 Å². The van der Waals surface area contributed by atoms with Gasteiger partial charge in [0, 0.05) is 17.3 Å². The molecule has 4 heteroatoms. The lowest BCUT2D eigenvalue weighted by atomic mass is 10.1. The quantitative estimate of drug-likeness (QED) is 0.830. The molecule has 3 nitrogen and oxygen atoms in total. The first kappa shape index (κ1) is 13.3. The number of Topliss-reactive ketones (excluding diaryl/α,β-unsaturated/α-hetero) is 1. The third-order valence-electron chi connectivity index (χ3n) is 2.54. The summed E-state index contributed by atoms with van der Waals surface area (Å²) in [6.07, 6.45) is 2.92. The van der Waals surface area contributed by atoms with E-state index in [1.54, 1.807) is 11.3 Å². The van der Waals surface area contributed by atoms with E-state index in [0.717, 1.165) is 23.5 Å². The number of rotatable bonds is 6. The second-order valence-corrected chi connectivity index (χ2v) is 5.62. The molecule has 1 unspecified atom stereocenters. The van der Waals surface area contributed by atoms with Crippen LogP contribution in [0.4, 0.5) is 0 Å². The van der Waals surface area contributed by atoms with Gasteiger partial charge < -0.3 is 5.73 Å². The molecule has 0 amide bonds. The van der Waals surface area contributed by atoms with Crippen molar-refractivity contribution < 1.29 is 4.79 Å². The van der Waals surface area contributed by atoms with Crippen molar-refractivity contribution in [2.45, 2.75) is 52.5 Å². The fraction of sp³-hybridized carbons (Fsp3) is 0.667. The molecule has 1 heterocycles. The number of nitrogens with zero attached hydrogens (tertiary/aromatic N) is 1. The summed E-state index contributed by atoms with van der Waals surface area (Å²) in [6.45, 7) is 5.99. The van der Waals surface area contributed by atoms with E-state index in [2.05, 4.69) is 4.98 Å². The van der Waals surface area contributed by atoms with Crippen molar-refractivity contribution in [2.24, 2.45) is 5.73 Å². The first-order valence-corrected chi connectivity index (χ1v) is 6.51. The molecule has 0 aromatic carbocycles. The highest BCUT2D eigenvalue weighted by Crippen LogP contribution is 2.17. The Balaban J connectivity index is 2.34. The fourth-order valence-corrected chi connectivity index (χ4v) is 2.46. The fourth-order valence-electron chi connectivity index (χ4n) is 1.49. The number of hydrogen-bond donors (Lipinski definition) is 1. The predicted molar refractivity (Wildman–Crippen MR) is 67.8 cm³/mol. The summed E-state index contributed by atoms with van der Waals surface area (Å²) >= 11 is 1.63. The molecule has 0 aliphatic heterocycles. The van der Waals surface area contributed by atoms with Crippen LogP contribution in [0.1, 0.15) is 41.8 Å². The zero-order valence-electron chi connectivity index (χ0n) is 10.2. The van der Waals surface area contributed by atoms with E-state index in [1.165, 1.54) is 4.88 Å². The maximum Gasteiger partial charge on any atom is 0.139 e. The second kappa shape index (κ2) is 6.11. The SMILES string of the molecule is Cc1nc(CC(=O)CCCC(C)N)sc1C. The summed E-state index contributed by atoms with van der Waals surface area (Å²) in [4.78, 5) is 17.2. The molecule has 1 atom stereocenters. The number of carbonyl (C=O) groups is 1. The molecule has 0 aliphatic rings. The third-order valence-corrected chi connectivity index (χ3v) is 3.61. The standard InChI is InChI=1S/C12H20N2OS/c1-8(13)5-4-6-11(15)7-12-14-9(2)10(3)16-12/h8H,4-7,13H2,1-3H3. The summed E-state index contributed by atoms with van der Waals surface area (Å²) in [5.74, 6) is 0.273. The third kappa shape index (κ3) is 4.41. The van der Waals surface area contributed by atoms with Gasteiger partial charge in [-0.2, -0.15) is 0 Å². The summed E-state index contributed by atoms with van der Waals surface area (Å²) in [5.41, 5.74) is 6.68. The molecule has 1 aromatic rings. The Morgan fingerprint density at radius 1 is 1.50 bits per heavy atom. The molecule has 0 spiro atoms. The Kier molecular flexibility index (Phi) is 5.09. The van der Waals surface area contributed by atoms with Gasteiger partial charge in [0.25, 0.3) is 0 Å². The number of carbonyl (C=O) groups excluding carboxylic acids is 1. The highest BCUT2D eigenvalue weighted by Gasteiger charge is 2.09. The summed E-state index contributed by atoms with van der Waals surface area (Å²) < 4.78 is 0. The van der Waals surface area contributed by atoms with E-state index in [4.69, 9.17) is 5.73 Å². The lowest BCUT2D eigenvalue weighted by Gasteiger charge is -2.02. The topological polar surface area (TPSA) is 56.0 Å². The van der Waals surface area contributed by atoms with Crippen LogP contribution in [0.2, 0.25) is 0 Å². The molecule has 0 fully saturated rings. The first-order valence-electron chi connectivity index (χ1n) is 5.69. The van der Waals surface area contributed by atoms with Crippen molar-refractivity contribution >= 4 is 17.1 Å². The minimum atomic E-state index is 0.192. The molecular formula is C12H20N2OS. The average molecular weight is 240 g/mol. The van der Waals surface area contributed by atoms with Crippen molar-refractivity contribution in [3.63, 3.8) is 0 Å². The van der Waals surface area contributed by atoms with Gasteiger partial charge in [-0.25, -0.2) is 4.98 Å². The van der Waals surface area contributed by atoms with Crippen molar-refractivity contribution in [2.75, 3.05) is 0 Å². The van der Waals surface area contributed by atoms with Crippen LogP contribution in [0.15, 0.2) is 0 Å². The van der Waals surface area contributed by atoms with Gasteiger partial charge in [0.1, 0.15) is 10.8 Å². The molecule has 90 valence electrons. The largest absolute Gasteiger partial charge is 0.328 e. The van der Waals surface area contributed by atoms with Crippen LogP contribution in [0.3, 0.4) is 0 Å². The van der Waals surface area contributed by atoms with E-state index in [1.807, 2.05) is 20.8 Å². The highest BCUT2D eigenvalue weighted by molar-refractivity contribution is 7.11. The van der Waals surface area contributed by atoms with Crippen LogP contribution in [-0.4, -0.2) is 16.8 Å². The molecule has 0 saturated heterocycles. The van der Waals surface area contributed by atoms with Crippen molar-refractivity contribution in [1.29, 1.82) is 0 Å². The lowest BCUT2D eigenvalue weighted by Crippen LogP contribution is -2.15. The molecular weight excluding hydrogens is 220 g/mol. The van der Waals surface area contributed by atoms with Gasteiger partial charge >= 0.3 is 0 Å². The Morgan fingerprint density at radius 3 is 2.69 bits per heavy atom. The van der Waals surface area contributed by atoms with E-state index in [0.29, 0.717) is 12.8 Å². The van der Waals surface area contributed by atoms with Crippen LogP contribution < -0.4 is 5.73 Å². The number of aromatic nitrogens is 1. The highest BCUT2D eigenvalue weighted by atomic mass is 32.1. The van der Waals surface area contributed by atoms with Crippen molar-refractivity contribution in [3.8, 4) is 0 Å². The molecule has 0 saturated carbocycles. The van der Waals surface area contributed by atoms with Gasteiger partial charge in [0.05, 0.1) is 12.1 Å². The molecule has 16 heavy (non-hydrogen) atoms. The van der Waals surface area contributed by atoms with Crippen molar-refractivity contribution in [3.05, 3.63) is 15.6 Å². The average Bonchev–Trinajstić information content (AvgIpc) is 2.44. The zero-order chi connectivity index (χ0) is 12.1. The van der Waals surface area contributed by atoms with E-state index < -0.39 is 0 Å². The van der Waals surface area contributed by atoms with Crippen molar-refractivity contribution in [1.82, 2.24) is 4.98 Å². The molecule has 1 aromatic heterocycles. The molecule has 1 rings (SSSR count). The monoisotopic (exact) mass is 240 g/mol. The molecule has 2 N–H and O–H groups in total. The number of hydrogen-bond acceptors (Lipinski definition) is 4. The zero-order valence-corrected chi connectivity index (χ0v) is 11.1. The van der Waals surface area contributed by atoms with E-state index >= 15 is 0 Å². The number of nitrogens with two attached hydrogens (primary N) is 1. The van der Waals surface area contributed by atoms with E-state index in [-0.39, 0.29) is 11.8 Å². The van der Waals surface area contributed by atoms with Gasteiger partial charge in [0.2, 0.25) is 0 Å². The maximum absolute atomic E-state index is 11.6. The van der Waals surface area contributed by atoms with Crippen LogP contribution >= 0.6 is 11.3 Å². The Bertz CT molecular complexity index is 338. The maximum atomic E-state index is 11.6. The van der Waals surface area contributed by atoms with Crippen LogP contribution in [-0.2, 0) is 11.2 Å².